The van der Waals surface area contributed by atoms with E-state index in [4.69, 9.17) is 0 Å². The second-order valence-electron chi connectivity index (χ2n) is 7.99. The topological polar surface area (TPSA) is 60.9 Å². The third-order valence-electron chi connectivity index (χ3n) is 6.06. The lowest BCUT2D eigenvalue weighted by Gasteiger charge is -2.44. The predicted molar refractivity (Wildman–Crippen MR) is 105 cm³/mol. The fourth-order valence-electron chi connectivity index (χ4n) is 4.49. The third-order valence-corrected chi connectivity index (χ3v) is 6.06. The zero-order chi connectivity index (χ0) is 19.3. The van der Waals surface area contributed by atoms with E-state index in [1.165, 1.54) is 11.6 Å². The van der Waals surface area contributed by atoms with Crippen LogP contribution in [-0.4, -0.2) is 59.5 Å². The minimum Gasteiger partial charge on any atom is -0.396 e. The molecule has 3 rings (SSSR count). The van der Waals surface area contributed by atoms with E-state index in [9.17, 15) is 14.7 Å². The van der Waals surface area contributed by atoms with Gasteiger partial charge in [-0.25, -0.2) is 0 Å². The third kappa shape index (κ3) is 4.59. The standard InChI is InChI=1S/C22H30N2O3/c1-2-20(26)23-13-9-19(10-14-23)21(27)24-12-6-11-22(16-24,17-25)15-18-7-4-3-5-8-18/h2-5,7-8,19,25H,1,6,9-17H2. The van der Waals surface area contributed by atoms with E-state index in [1.54, 1.807) is 4.90 Å². The van der Waals surface area contributed by atoms with Gasteiger partial charge in [-0.3, -0.25) is 9.59 Å². The maximum absolute atomic E-state index is 13.1. The molecule has 2 saturated heterocycles. The van der Waals surface area contributed by atoms with Gasteiger partial charge in [0.05, 0.1) is 6.61 Å². The highest BCUT2D eigenvalue weighted by molar-refractivity contribution is 5.87. The summed E-state index contributed by atoms with van der Waals surface area (Å²) in [7, 11) is 0. The highest BCUT2D eigenvalue weighted by Gasteiger charge is 2.39. The van der Waals surface area contributed by atoms with Crippen LogP contribution in [0.2, 0.25) is 0 Å². The molecular formula is C22H30N2O3. The first-order valence-corrected chi connectivity index (χ1v) is 9.92. The van der Waals surface area contributed by atoms with E-state index in [2.05, 4.69) is 18.7 Å². The molecule has 1 aromatic rings. The molecular weight excluding hydrogens is 340 g/mol. The Balaban J connectivity index is 1.62. The maximum atomic E-state index is 13.1. The number of carbonyl (C=O) groups is 2. The van der Waals surface area contributed by atoms with Crippen molar-refractivity contribution in [1.82, 2.24) is 9.80 Å². The molecule has 1 atom stereocenters. The largest absolute Gasteiger partial charge is 0.396 e. The van der Waals surface area contributed by atoms with Crippen LogP contribution in [0.4, 0.5) is 0 Å². The molecule has 0 aromatic heterocycles. The first-order valence-electron chi connectivity index (χ1n) is 9.92. The molecule has 2 aliphatic rings. The number of nitrogens with zero attached hydrogens (tertiary/aromatic N) is 2. The van der Waals surface area contributed by atoms with E-state index < -0.39 is 0 Å². The fraction of sp³-hybridized carbons (Fsp3) is 0.545. The van der Waals surface area contributed by atoms with E-state index >= 15 is 0 Å². The molecule has 2 heterocycles. The van der Waals surface area contributed by atoms with Gasteiger partial charge in [0, 0.05) is 37.5 Å². The average molecular weight is 370 g/mol. The molecule has 1 unspecified atom stereocenters. The Labute approximate surface area is 161 Å². The van der Waals surface area contributed by atoms with Crippen LogP contribution in [0, 0.1) is 11.3 Å². The van der Waals surface area contributed by atoms with Gasteiger partial charge in [-0.15, -0.1) is 0 Å². The van der Waals surface area contributed by atoms with Crippen LogP contribution >= 0.6 is 0 Å². The average Bonchev–Trinajstić information content (AvgIpc) is 2.73. The lowest BCUT2D eigenvalue weighted by atomic mass is 9.75. The molecule has 1 aromatic carbocycles. The summed E-state index contributed by atoms with van der Waals surface area (Å²) in [6.07, 6.45) is 5.41. The van der Waals surface area contributed by atoms with Crippen molar-refractivity contribution in [3.05, 3.63) is 48.6 Å². The summed E-state index contributed by atoms with van der Waals surface area (Å²) in [4.78, 5) is 28.5. The van der Waals surface area contributed by atoms with Crippen molar-refractivity contribution in [2.75, 3.05) is 32.8 Å². The van der Waals surface area contributed by atoms with Gasteiger partial charge < -0.3 is 14.9 Å². The smallest absolute Gasteiger partial charge is 0.245 e. The normalized spacial score (nSPS) is 23.9. The summed E-state index contributed by atoms with van der Waals surface area (Å²) in [6, 6.07) is 10.2. The summed E-state index contributed by atoms with van der Waals surface area (Å²) in [5.41, 5.74) is 0.950. The van der Waals surface area contributed by atoms with Crippen LogP contribution in [-0.2, 0) is 16.0 Å². The van der Waals surface area contributed by atoms with Gasteiger partial charge in [-0.1, -0.05) is 36.9 Å². The van der Waals surface area contributed by atoms with Crippen molar-refractivity contribution in [3.8, 4) is 0 Å². The van der Waals surface area contributed by atoms with Gasteiger partial charge in [0.15, 0.2) is 0 Å². The van der Waals surface area contributed by atoms with E-state index in [0.29, 0.717) is 32.5 Å². The molecule has 1 N–H and O–H groups in total. The van der Waals surface area contributed by atoms with Gasteiger partial charge in [0.2, 0.25) is 11.8 Å². The second-order valence-corrected chi connectivity index (χ2v) is 7.99. The molecule has 2 amide bonds. The monoisotopic (exact) mass is 370 g/mol. The lowest BCUT2D eigenvalue weighted by Crippen LogP contribution is -2.52. The van der Waals surface area contributed by atoms with Crippen LogP contribution in [0.3, 0.4) is 0 Å². The Hall–Kier alpha value is -2.14. The van der Waals surface area contributed by atoms with Crippen molar-refractivity contribution in [1.29, 1.82) is 0 Å². The Morgan fingerprint density at radius 3 is 2.48 bits per heavy atom. The number of amides is 2. The lowest BCUT2D eigenvalue weighted by molar-refractivity contribution is -0.143. The maximum Gasteiger partial charge on any atom is 0.245 e. The van der Waals surface area contributed by atoms with E-state index in [0.717, 1.165) is 25.8 Å². The number of benzene rings is 1. The van der Waals surface area contributed by atoms with Gasteiger partial charge >= 0.3 is 0 Å². The molecule has 146 valence electrons. The number of hydrogen-bond donors (Lipinski definition) is 1. The van der Waals surface area contributed by atoms with Crippen LogP contribution in [0.25, 0.3) is 0 Å². The van der Waals surface area contributed by atoms with Crippen LogP contribution in [0.5, 0.6) is 0 Å². The first kappa shape index (κ1) is 19.6. The number of aliphatic hydroxyl groups excluding tert-OH is 1. The minimum atomic E-state index is -0.255. The molecule has 0 saturated carbocycles. The van der Waals surface area contributed by atoms with E-state index in [-0.39, 0.29) is 29.8 Å². The molecule has 0 aliphatic carbocycles. The number of aliphatic hydroxyl groups is 1. The minimum absolute atomic E-state index is 0.0231. The van der Waals surface area contributed by atoms with Gasteiger partial charge in [0.1, 0.15) is 0 Å². The van der Waals surface area contributed by atoms with Crippen LogP contribution in [0.15, 0.2) is 43.0 Å². The highest BCUT2D eigenvalue weighted by atomic mass is 16.3. The number of carbonyl (C=O) groups excluding carboxylic acids is 2. The number of hydrogen-bond acceptors (Lipinski definition) is 3. The molecule has 5 nitrogen and oxygen atoms in total. The molecule has 0 radical (unpaired) electrons. The van der Waals surface area contributed by atoms with Crippen LogP contribution < -0.4 is 0 Å². The van der Waals surface area contributed by atoms with Crippen molar-refractivity contribution < 1.29 is 14.7 Å². The Morgan fingerprint density at radius 1 is 1.15 bits per heavy atom. The molecule has 2 aliphatic heterocycles. The summed E-state index contributed by atoms with van der Waals surface area (Å²) < 4.78 is 0. The van der Waals surface area contributed by atoms with Crippen LogP contribution in [0.1, 0.15) is 31.2 Å². The summed E-state index contributed by atoms with van der Waals surface area (Å²) in [5.74, 6) is 0.109. The fourth-order valence-corrected chi connectivity index (χ4v) is 4.49. The zero-order valence-corrected chi connectivity index (χ0v) is 16.0. The van der Waals surface area contributed by atoms with E-state index in [1.807, 2.05) is 23.1 Å². The second kappa shape index (κ2) is 8.70. The van der Waals surface area contributed by atoms with Crippen molar-refractivity contribution >= 4 is 11.8 Å². The Kier molecular flexibility index (Phi) is 6.32. The molecule has 0 spiro atoms. The molecule has 27 heavy (non-hydrogen) atoms. The van der Waals surface area contributed by atoms with Crippen molar-refractivity contribution in [3.63, 3.8) is 0 Å². The van der Waals surface area contributed by atoms with Crippen molar-refractivity contribution in [2.24, 2.45) is 11.3 Å². The Bertz CT molecular complexity index is 667. The number of likely N-dealkylation sites (tertiary alicyclic amines) is 2. The zero-order valence-electron chi connectivity index (χ0n) is 16.0. The molecule has 2 fully saturated rings. The predicted octanol–water partition coefficient (Wildman–Crippen LogP) is 2.25. The first-order chi connectivity index (χ1) is 13.1. The summed E-state index contributed by atoms with van der Waals surface area (Å²) >= 11 is 0. The van der Waals surface area contributed by atoms with Gasteiger partial charge in [-0.2, -0.15) is 0 Å². The SMILES string of the molecule is C=CC(=O)N1CCC(C(=O)N2CCCC(CO)(Cc3ccccc3)C2)CC1. The van der Waals surface area contributed by atoms with Crippen molar-refractivity contribution in [2.45, 2.75) is 32.1 Å². The highest BCUT2D eigenvalue weighted by Crippen LogP contribution is 2.34. The summed E-state index contributed by atoms with van der Waals surface area (Å²) in [6.45, 7) is 6.24. The Morgan fingerprint density at radius 2 is 1.85 bits per heavy atom. The molecule has 0 bridgehead atoms. The summed E-state index contributed by atoms with van der Waals surface area (Å²) in [5, 5.41) is 10.1. The number of rotatable bonds is 5. The van der Waals surface area contributed by atoms with Gasteiger partial charge in [-0.05, 0) is 43.7 Å². The molecule has 5 heteroatoms. The quantitative estimate of drug-likeness (QED) is 0.809. The number of piperidine rings is 2. The van der Waals surface area contributed by atoms with Gasteiger partial charge in [0.25, 0.3) is 0 Å².